The number of hydrogen-bond donors (Lipinski definition) is 0. The quantitative estimate of drug-likeness (QED) is 0.408. The van der Waals surface area contributed by atoms with Gasteiger partial charge in [0, 0.05) is 0 Å². The first kappa shape index (κ1) is 22.6. The lowest BCUT2D eigenvalue weighted by Gasteiger charge is -2.42. The molecule has 0 radical (unpaired) electrons. The van der Waals surface area contributed by atoms with Gasteiger partial charge in [0.25, 0.3) is 0 Å². The first-order valence-corrected chi connectivity index (χ1v) is 12.4. The number of fused-ring (bicyclic) bond motifs is 1. The molecule has 4 atom stereocenters. The molecule has 0 heterocycles. The average molecular weight is 395 g/mol. The molecule has 4 unspecified atom stereocenters. The van der Waals surface area contributed by atoms with Gasteiger partial charge in [0.15, 0.2) is 0 Å². The van der Waals surface area contributed by atoms with Gasteiger partial charge in [-0.15, -0.1) is 0 Å². The minimum absolute atomic E-state index is 0.435. The van der Waals surface area contributed by atoms with Gasteiger partial charge in [-0.05, 0) is 97.9 Å². The van der Waals surface area contributed by atoms with Crippen molar-refractivity contribution in [1.82, 2.24) is 0 Å². The van der Waals surface area contributed by atoms with E-state index in [1.807, 2.05) is 0 Å². The van der Waals surface area contributed by atoms with Crippen LogP contribution in [0.5, 0.6) is 0 Å². The number of allylic oxidation sites excluding steroid dienone is 7. The van der Waals surface area contributed by atoms with Gasteiger partial charge in [-0.2, -0.15) is 0 Å². The van der Waals surface area contributed by atoms with Gasteiger partial charge in [-0.25, -0.2) is 0 Å². The Morgan fingerprint density at radius 1 is 1.03 bits per heavy atom. The second-order valence-electron chi connectivity index (χ2n) is 11.8. The normalized spacial score (nSPS) is 36.3. The molecule has 0 heteroatoms. The van der Waals surface area contributed by atoms with Gasteiger partial charge in [-0.3, -0.25) is 0 Å². The van der Waals surface area contributed by atoms with Crippen LogP contribution in [0.4, 0.5) is 0 Å². The van der Waals surface area contributed by atoms with Crippen molar-refractivity contribution in [3.63, 3.8) is 0 Å². The van der Waals surface area contributed by atoms with Gasteiger partial charge < -0.3 is 0 Å². The maximum absolute atomic E-state index is 4.40. The van der Waals surface area contributed by atoms with Crippen LogP contribution in [-0.2, 0) is 0 Å². The summed E-state index contributed by atoms with van der Waals surface area (Å²) >= 11 is 0. The highest BCUT2D eigenvalue weighted by atomic mass is 14.5. The van der Waals surface area contributed by atoms with E-state index in [1.165, 1.54) is 62.5 Å². The van der Waals surface area contributed by atoms with E-state index in [0.29, 0.717) is 16.7 Å². The van der Waals surface area contributed by atoms with Crippen molar-refractivity contribution in [2.45, 2.75) is 99.3 Å². The molecule has 0 saturated heterocycles. The fraction of sp³-hybridized carbons (Fsp3) is 0.724. The Morgan fingerprint density at radius 2 is 1.79 bits per heavy atom. The molecule has 0 amide bonds. The second kappa shape index (κ2) is 8.99. The van der Waals surface area contributed by atoms with Crippen LogP contribution in [0.25, 0.3) is 0 Å². The molecule has 0 nitrogen and oxygen atoms in total. The molecule has 0 spiro atoms. The Hall–Kier alpha value is -1.04. The molecule has 3 fully saturated rings. The maximum Gasteiger partial charge on any atom is -0.0143 e. The molecule has 0 N–H and O–H groups in total. The zero-order valence-corrected chi connectivity index (χ0v) is 20.2. The van der Waals surface area contributed by atoms with Crippen LogP contribution < -0.4 is 0 Å². The van der Waals surface area contributed by atoms with Crippen LogP contribution in [0.2, 0.25) is 0 Å². The second-order valence-corrected chi connectivity index (χ2v) is 11.8. The minimum Gasteiger partial charge on any atom is -0.0955 e. The summed E-state index contributed by atoms with van der Waals surface area (Å²) in [7, 11) is 0. The monoisotopic (exact) mass is 394 g/mol. The summed E-state index contributed by atoms with van der Waals surface area (Å²) in [5, 5.41) is 0. The molecular weight excluding hydrogens is 348 g/mol. The van der Waals surface area contributed by atoms with Gasteiger partial charge in [0.2, 0.25) is 0 Å². The topological polar surface area (TPSA) is 0 Å². The van der Waals surface area contributed by atoms with Gasteiger partial charge in [-0.1, -0.05) is 83.6 Å². The maximum atomic E-state index is 4.40. The highest BCUT2D eigenvalue weighted by molar-refractivity contribution is 5.36. The lowest BCUT2D eigenvalue weighted by Crippen LogP contribution is -2.33. The summed E-state index contributed by atoms with van der Waals surface area (Å²) < 4.78 is 0. The Labute approximate surface area is 181 Å². The Kier molecular flexibility index (Phi) is 7.02. The number of hydrogen-bond acceptors (Lipinski definition) is 0. The van der Waals surface area contributed by atoms with Crippen LogP contribution >= 0.6 is 0 Å². The highest BCUT2D eigenvalue weighted by Gasteiger charge is 2.48. The van der Waals surface area contributed by atoms with Crippen LogP contribution in [0, 0.1) is 34.5 Å². The van der Waals surface area contributed by atoms with Crippen molar-refractivity contribution in [2.75, 3.05) is 0 Å². The third-order valence-corrected chi connectivity index (χ3v) is 8.79. The fourth-order valence-corrected chi connectivity index (χ4v) is 6.25. The Morgan fingerprint density at radius 3 is 2.48 bits per heavy atom. The van der Waals surface area contributed by atoms with E-state index in [9.17, 15) is 0 Å². The molecule has 3 saturated carbocycles. The summed E-state index contributed by atoms with van der Waals surface area (Å²) in [4.78, 5) is 0. The van der Waals surface area contributed by atoms with Gasteiger partial charge in [0.05, 0.1) is 0 Å². The van der Waals surface area contributed by atoms with E-state index in [2.05, 4.69) is 72.4 Å². The zero-order chi connectivity index (χ0) is 21.2. The van der Waals surface area contributed by atoms with E-state index < -0.39 is 0 Å². The van der Waals surface area contributed by atoms with Crippen LogP contribution in [0.1, 0.15) is 99.3 Å². The van der Waals surface area contributed by atoms with Crippen LogP contribution in [-0.4, -0.2) is 0 Å². The molecule has 3 rings (SSSR count). The highest BCUT2D eigenvalue weighted by Crippen LogP contribution is 2.58. The van der Waals surface area contributed by atoms with Gasteiger partial charge >= 0.3 is 0 Å². The predicted octanol–water partition coefficient (Wildman–Crippen LogP) is 9.06. The molecule has 29 heavy (non-hydrogen) atoms. The molecule has 0 bridgehead atoms. The molecule has 3 aliphatic carbocycles. The van der Waals surface area contributed by atoms with E-state index in [0.717, 1.165) is 24.2 Å². The fourth-order valence-electron chi connectivity index (χ4n) is 6.25. The van der Waals surface area contributed by atoms with E-state index in [1.54, 1.807) is 5.57 Å². The van der Waals surface area contributed by atoms with E-state index >= 15 is 0 Å². The zero-order valence-electron chi connectivity index (χ0n) is 20.2. The smallest absolute Gasteiger partial charge is 0.0143 e. The molecule has 0 aliphatic heterocycles. The molecule has 0 aromatic carbocycles. The van der Waals surface area contributed by atoms with E-state index in [-0.39, 0.29) is 0 Å². The summed E-state index contributed by atoms with van der Waals surface area (Å²) in [5.74, 6) is 3.12. The molecular formula is C29H46. The Balaban J connectivity index is 1.69. The average Bonchev–Trinajstić information content (AvgIpc) is 2.97. The Bertz CT molecular complexity index is 683. The van der Waals surface area contributed by atoms with Crippen LogP contribution in [0.15, 0.2) is 47.6 Å². The summed E-state index contributed by atoms with van der Waals surface area (Å²) in [6, 6.07) is 0. The van der Waals surface area contributed by atoms with Crippen molar-refractivity contribution in [2.24, 2.45) is 34.5 Å². The van der Waals surface area contributed by atoms with E-state index in [4.69, 9.17) is 0 Å². The molecule has 0 aromatic heterocycles. The molecule has 3 aliphatic rings. The van der Waals surface area contributed by atoms with Crippen molar-refractivity contribution < 1.29 is 0 Å². The van der Waals surface area contributed by atoms with Crippen LogP contribution in [0.3, 0.4) is 0 Å². The van der Waals surface area contributed by atoms with Crippen molar-refractivity contribution >= 4 is 0 Å². The first-order valence-electron chi connectivity index (χ1n) is 12.4. The molecule has 162 valence electrons. The SMILES string of the molecule is C=C1CC(C)(C)CC/C1=C\C=C1/CCCC2(C)C(C/C=C/C(C)C(C)C)CCC12. The minimum atomic E-state index is 0.435. The summed E-state index contributed by atoms with van der Waals surface area (Å²) in [6.45, 7) is 18.8. The van der Waals surface area contributed by atoms with Gasteiger partial charge in [0.1, 0.15) is 0 Å². The van der Waals surface area contributed by atoms with Crippen molar-refractivity contribution in [1.29, 1.82) is 0 Å². The predicted molar refractivity (Wildman–Crippen MR) is 129 cm³/mol. The third kappa shape index (κ3) is 5.18. The lowest BCUT2D eigenvalue weighted by molar-refractivity contribution is 0.137. The first-order chi connectivity index (χ1) is 13.6. The summed E-state index contributed by atoms with van der Waals surface area (Å²) in [6.07, 6.45) is 21.8. The van der Waals surface area contributed by atoms with Crippen molar-refractivity contribution in [3.8, 4) is 0 Å². The largest absolute Gasteiger partial charge is 0.0955 e. The number of rotatable bonds is 5. The lowest BCUT2D eigenvalue weighted by atomic mass is 9.63. The summed E-state index contributed by atoms with van der Waals surface area (Å²) in [5.41, 5.74) is 5.59. The molecule has 0 aromatic rings. The van der Waals surface area contributed by atoms with Crippen molar-refractivity contribution in [3.05, 3.63) is 47.6 Å². The third-order valence-electron chi connectivity index (χ3n) is 8.79. The standard InChI is InChI=1S/C29H46/c1-21(2)22(3)10-8-12-26-15-16-27-25(11-9-18-29(26,27)7)14-13-24-17-19-28(5,6)20-23(24)4/h8,10,13-14,21-22,26-27H,4,9,11-12,15-20H2,1-3,5-7H3/b10-8+,24-13+,25-14+.